The molecule has 2 unspecified atom stereocenters. The molecule has 0 spiro atoms. The molecule has 2 N–H and O–H groups in total. The molecule has 2 atom stereocenters. The normalized spacial score (nSPS) is 14.1. The van der Waals surface area contributed by atoms with Gasteiger partial charge in [0.25, 0.3) is 0 Å². The van der Waals surface area contributed by atoms with Gasteiger partial charge in [-0.25, -0.2) is 0 Å². The van der Waals surface area contributed by atoms with E-state index in [1.54, 1.807) is 0 Å². The van der Waals surface area contributed by atoms with Crippen molar-refractivity contribution in [3.63, 3.8) is 0 Å². The van der Waals surface area contributed by atoms with Gasteiger partial charge in [-0.05, 0) is 18.8 Å². The highest BCUT2D eigenvalue weighted by Crippen LogP contribution is 2.17. The molecule has 1 heteroatoms. The predicted octanol–water partition coefficient (Wildman–Crippen LogP) is 7.62. The number of nitrogens with two attached hydrogens (primary N) is 1. The van der Waals surface area contributed by atoms with E-state index < -0.39 is 0 Å². The van der Waals surface area contributed by atoms with Crippen LogP contribution >= 0.6 is 0 Å². The van der Waals surface area contributed by atoms with Gasteiger partial charge in [-0.15, -0.1) is 0 Å². The number of hydrogen-bond acceptors (Lipinski definition) is 1. The van der Waals surface area contributed by atoms with Gasteiger partial charge in [0, 0.05) is 6.04 Å². The third kappa shape index (κ3) is 16.6. The molecule has 0 rings (SSSR count). The molecular weight excluding hydrogens is 278 g/mol. The molecule has 23 heavy (non-hydrogen) atoms. The van der Waals surface area contributed by atoms with Gasteiger partial charge in [0.1, 0.15) is 0 Å². The summed E-state index contributed by atoms with van der Waals surface area (Å²) in [5.74, 6) is 0.715. The Morgan fingerprint density at radius 2 is 0.913 bits per heavy atom. The largest absolute Gasteiger partial charge is 0.327 e. The highest BCUT2D eigenvalue weighted by Gasteiger charge is 2.11. The van der Waals surface area contributed by atoms with Gasteiger partial charge in [0.15, 0.2) is 0 Å². The van der Waals surface area contributed by atoms with Gasteiger partial charge in [0.2, 0.25) is 0 Å². The monoisotopic (exact) mass is 325 g/mol. The Kier molecular flexibility index (Phi) is 18.3. The van der Waals surface area contributed by atoms with Gasteiger partial charge in [-0.1, -0.05) is 117 Å². The lowest BCUT2D eigenvalue weighted by Crippen LogP contribution is -2.28. The van der Waals surface area contributed by atoms with Gasteiger partial charge in [-0.2, -0.15) is 0 Å². The maximum atomic E-state index is 6.30. The van der Waals surface area contributed by atoms with E-state index in [2.05, 4.69) is 20.8 Å². The van der Waals surface area contributed by atoms with Crippen LogP contribution in [0, 0.1) is 5.92 Å². The average molecular weight is 326 g/mol. The fourth-order valence-electron chi connectivity index (χ4n) is 3.42. The van der Waals surface area contributed by atoms with Gasteiger partial charge >= 0.3 is 0 Å². The van der Waals surface area contributed by atoms with Crippen LogP contribution in [-0.4, -0.2) is 6.04 Å². The molecule has 0 aliphatic heterocycles. The molecule has 0 aromatic heterocycles. The summed E-state index contributed by atoms with van der Waals surface area (Å²) in [5.41, 5.74) is 6.30. The van der Waals surface area contributed by atoms with Gasteiger partial charge in [0.05, 0.1) is 0 Å². The summed E-state index contributed by atoms with van der Waals surface area (Å²) in [6.45, 7) is 6.90. The topological polar surface area (TPSA) is 26.0 Å². The first-order valence-electron chi connectivity index (χ1n) is 11.0. The lowest BCUT2D eigenvalue weighted by Gasteiger charge is -2.19. The van der Waals surface area contributed by atoms with Crippen molar-refractivity contribution in [2.24, 2.45) is 11.7 Å². The zero-order valence-electron chi connectivity index (χ0n) is 16.8. The molecule has 0 aliphatic carbocycles. The summed E-state index contributed by atoms with van der Waals surface area (Å²) in [4.78, 5) is 0. The second kappa shape index (κ2) is 18.3. The van der Waals surface area contributed by atoms with Crippen molar-refractivity contribution in [2.75, 3.05) is 0 Å². The van der Waals surface area contributed by atoms with Gasteiger partial charge in [-0.3, -0.25) is 0 Å². The maximum absolute atomic E-state index is 6.30. The van der Waals surface area contributed by atoms with Crippen LogP contribution in [0.2, 0.25) is 0 Å². The highest BCUT2D eigenvalue weighted by molar-refractivity contribution is 4.69. The third-order valence-corrected chi connectivity index (χ3v) is 5.38. The van der Waals surface area contributed by atoms with E-state index in [1.807, 2.05) is 0 Å². The van der Waals surface area contributed by atoms with Crippen LogP contribution in [0.5, 0.6) is 0 Å². The lowest BCUT2D eigenvalue weighted by molar-refractivity contribution is 0.382. The molecule has 0 saturated carbocycles. The fraction of sp³-hybridized carbons (Fsp3) is 1.00. The minimum Gasteiger partial charge on any atom is -0.327 e. The lowest BCUT2D eigenvalue weighted by atomic mass is 9.92. The minimum atomic E-state index is 0.439. The van der Waals surface area contributed by atoms with E-state index in [0.29, 0.717) is 12.0 Å². The molecule has 0 fully saturated rings. The highest BCUT2D eigenvalue weighted by atomic mass is 14.6. The van der Waals surface area contributed by atoms with Crippen molar-refractivity contribution >= 4 is 0 Å². The maximum Gasteiger partial charge on any atom is 0.00645 e. The van der Waals surface area contributed by atoms with Crippen molar-refractivity contribution in [1.82, 2.24) is 0 Å². The van der Waals surface area contributed by atoms with E-state index >= 15 is 0 Å². The molecule has 0 amide bonds. The molecule has 0 saturated heterocycles. The van der Waals surface area contributed by atoms with Crippen molar-refractivity contribution < 1.29 is 0 Å². The Labute approximate surface area is 148 Å². The summed E-state index contributed by atoms with van der Waals surface area (Å²) < 4.78 is 0. The summed E-state index contributed by atoms with van der Waals surface area (Å²) in [6, 6.07) is 0.439. The zero-order valence-corrected chi connectivity index (χ0v) is 16.8. The molecule has 140 valence electrons. The van der Waals surface area contributed by atoms with Crippen molar-refractivity contribution in [2.45, 2.75) is 136 Å². The van der Waals surface area contributed by atoms with E-state index in [4.69, 9.17) is 5.73 Å². The third-order valence-electron chi connectivity index (χ3n) is 5.38. The summed E-state index contributed by atoms with van der Waals surface area (Å²) in [6.07, 6.45) is 23.8. The van der Waals surface area contributed by atoms with Crippen molar-refractivity contribution in [3.05, 3.63) is 0 Å². The summed E-state index contributed by atoms with van der Waals surface area (Å²) in [7, 11) is 0. The Bertz CT molecular complexity index is 214. The first kappa shape index (κ1) is 23.0. The van der Waals surface area contributed by atoms with Crippen LogP contribution in [0.3, 0.4) is 0 Å². The van der Waals surface area contributed by atoms with Crippen molar-refractivity contribution in [1.29, 1.82) is 0 Å². The predicted molar refractivity (Wildman–Crippen MR) is 107 cm³/mol. The Hall–Kier alpha value is -0.0400. The molecule has 0 aromatic rings. The number of unbranched alkanes of at least 4 members (excludes halogenated alkanes) is 13. The molecule has 0 aliphatic rings. The molecule has 0 aromatic carbocycles. The standard InChI is InChI=1S/C22H47N/c1-4-6-8-9-10-11-12-13-14-15-16-17-18-20-22(23)21(3)19-7-5-2/h21-22H,4-20,23H2,1-3H3. The van der Waals surface area contributed by atoms with E-state index in [1.165, 1.54) is 109 Å². The van der Waals surface area contributed by atoms with Crippen LogP contribution < -0.4 is 5.73 Å². The van der Waals surface area contributed by atoms with Crippen LogP contribution in [0.4, 0.5) is 0 Å². The number of rotatable bonds is 18. The fourth-order valence-corrected chi connectivity index (χ4v) is 3.42. The Balaban J connectivity index is 3.18. The summed E-state index contributed by atoms with van der Waals surface area (Å²) >= 11 is 0. The van der Waals surface area contributed by atoms with Gasteiger partial charge < -0.3 is 5.73 Å². The van der Waals surface area contributed by atoms with E-state index in [0.717, 1.165) is 0 Å². The van der Waals surface area contributed by atoms with Crippen molar-refractivity contribution in [3.8, 4) is 0 Å². The first-order valence-corrected chi connectivity index (χ1v) is 11.0. The molecule has 1 nitrogen and oxygen atoms in total. The second-order valence-electron chi connectivity index (χ2n) is 7.81. The molecule has 0 heterocycles. The minimum absolute atomic E-state index is 0.439. The average Bonchev–Trinajstić information content (AvgIpc) is 2.56. The summed E-state index contributed by atoms with van der Waals surface area (Å²) in [5, 5.41) is 0. The Morgan fingerprint density at radius 3 is 1.35 bits per heavy atom. The zero-order chi connectivity index (χ0) is 17.2. The molecule has 0 bridgehead atoms. The molecule has 0 radical (unpaired) electrons. The number of hydrogen-bond donors (Lipinski definition) is 1. The smallest absolute Gasteiger partial charge is 0.00645 e. The van der Waals surface area contributed by atoms with E-state index in [9.17, 15) is 0 Å². The quantitative estimate of drug-likeness (QED) is 0.258. The van der Waals surface area contributed by atoms with Crippen LogP contribution in [0.15, 0.2) is 0 Å². The van der Waals surface area contributed by atoms with Crippen LogP contribution in [-0.2, 0) is 0 Å². The molecular formula is C22H47N. The first-order chi connectivity index (χ1) is 11.2. The Morgan fingerprint density at radius 1 is 0.522 bits per heavy atom. The second-order valence-corrected chi connectivity index (χ2v) is 7.81. The van der Waals surface area contributed by atoms with Crippen LogP contribution in [0.1, 0.15) is 130 Å². The van der Waals surface area contributed by atoms with E-state index in [-0.39, 0.29) is 0 Å². The van der Waals surface area contributed by atoms with Crippen LogP contribution in [0.25, 0.3) is 0 Å². The SMILES string of the molecule is CCCCCCCCCCCCCCCC(N)C(C)CCCC.